The highest BCUT2D eigenvalue weighted by Gasteiger charge is 2.10. The number of amides is 2. The van der Waals surface area contributed by atoms with Crippen molar-refractivity contribution in [2.24, 2.45) is 0 Å². The molecule has 0 rings (SSSR count). The van der Waals surface area contributed by atoms with Gasteiger partial charge in [0.2, 0.25) is 0 Å². The molecule has 0 unspecified atom stereocenters. The maximum atomic E-state index is 11.7. The second kappa shape index (κ2) is 9.81. The van der Waals surface area contributed by atoms with E-state index in [4.69, 9.17) is 0 Å². The first-order valence-electron chi connectivity index (χ1n) is 6.29. The maximum absolute atomic E-state index is 11.7. The minimum Gasteiger partial charge on any atom is -0.338 e. The average Bonchev–Trinajstić information content (AvgIpc) is 2.24. The third kappa shape index (κ3) is 7.23. The van der Waals surface area contributed by atoms with Crippen molar-refractivity contribution >= 4 is 6.03 Å². The van der Waals surface area contributed by atoms with Gasteiger partial charge in [-0.2, -0.15) is 0 Å². The Kier molecular flexibility index (Phi) is 9.33. The molecular formula is C12H26N2O. The van der Waals surface area contributed by atoms with Crippen LogP contribution in [0.3, 0.4) is 0 Å². The molecular weight excluding hydrogens is 188 g/mol. The van der Waals surface area contributed by atoms with Gasteiger partial charge in [-0.05, 0) is 19.3 Å². The molecule has 0 aromatic rings. The summed E-state index contributed by atoms with van der Waals surface area (Å²) in [4.78, 5) is 13.7. The fourth-order valence-corrected chi connectivity index (χ4v) is 1.42. The molecule has 0 saturated heterocycles. The Morgan fingerprint density at radius 3 is 2.20 bits per heavy atom. The Bertz CT molecular complexity index is 160. The van der Waals surface area contributed by atoms with Crippen molar-refractivity contribution < 1.29 is 4.79 Å². The molecule has 0 fully saturated rings. The van der Waals surface area contributed by atoms with Crippen LogP contribution in [0.5, 0.6) is 0 Å². The largest absolute Gasteiger partial charge is 0.338 e. The monoisotopic (exact) mass is 214 g/mol. The van der Waals surface area contributed by atoms with Gasteiger partial charge < -0.3 is 10.2 Å². The first-order valence-corrected chi connectivity index (χ1v) is 6.29. The van der Waals surface area contributed by atoms with Gasteiger partial charge in [0, 0.05) is 19.6 Å². The number of carbonyl (C=O) groups excluding carboxylic acids is 1. The van der Waals surface area contributed by atoms with Gasteiger partial charge in [-0.1, -0.05) is 33.6 Å². The van der Waals surface area contributed by atoms with Crippen molar-refractivity contribution in [2.45, 2.75) is 52.9 Å². The second-order valence-corrected chi connectivity index (χ2v) is 3.93. The number of nitrogens with zero attached hydrogens (tertiary/aromatic N) is 1. The molecule has 0 bridgehead atoms. The Morgan fingerprint density at radius 2 is 1.67 bits per heavy atom. The van der Waals surface area contributed by atoms with E-state index in [0.29, 0.717) is 0 Å². The van der Waals surface area contributed by atoms with E-state index in [-0.39, 0.29) is 6.03 Å². The quantitative estimate of drug-likeness (QED) is 0.619. The van der Waals surface area contributed by atoms with Crippen molar-refractivity contribution in [3.8, 4) is 0 Å². The van der Waals surface area contributed by atoms with Crippen LogP contribution in [0.2, 0.25) is 0 Å². The molecule has 90 valence electrons. The Labute approximate surface area is 94.2 Å². The van der Waals surface area contributed by atoms with Crippen molar-refractivity contribution in [1.29, 1.82) is 0 Å². The lowest BCUT2D eigenvalue weighted by atomic mass is 10.3. The van der Waals surface area contributed by atoms with Gasteiger partial charge in [0.05, 0.1) is 0 Å². The minimum absolute atomic E-state index is 0.110. The molecule has 15 heavy (non-hydrogen) atoms. The van der Waals surface area contributed by atoms with Gasteiger partial charge in [-0.15, -0.1) is 0 Å². The zero-order chi connectivity index (χ0) is 11.5. The van der Waals surface area contributed by atoms with E-state index in [2.05, 4.69) is 26.1 Å². The molecule has 0 spiro atoms. The highest BCUT2D eigenvalue weighted by atomic mass is 16.2. The molecule has 0 heterocycles. The molecule has 0 saturated carbocycles. The number of hydrogen-bond donors (Lipinski definition) is 1. The van der Waals surface area contributed by atoms with Crippen molar-refractivity contribution in [3.63, 3.8) is 0 Å². The van der Waals surface area contributed by atoms with E-state index in [1.807, 2.05) is 4.90 Å². The number of unbranched alkanes of at least 4 members (excludes halogenated alkanes) is 2. The number of rotatable bonds is 8. The van der Waals surface area contributed by atoms with Crippen LogP contribution in [-0.4, -0.2) is 30.6 Å². The number of urea groups is 1. The van der Waals surface area contributed by atoms with Crippen LogP contribution in [0.1, 0.15) is 52.9 Å². The van der Waals surface area contributed by atoms with E-state index in [0.717, 1.165) is 51.7 Å². The van der Waals surface area contributed by atoms with Crippen LogP contribution >= 0.6 is 0 Å². The molecule has 3 heteroatoms. The molecule has 0 aliphatic heterocycles. The number of carbonyl (C=O) groups is 1. The molecule has 1 N–H and O–H groups in total. The standard InChI is InChI=1S/C12H26N2O/c1-4-7-9-13-12(15)14(10-6-3)11-8-5-2/h4-11H2,1-3H3,(H,13,15). The molecule has 0 aliphatic rings. The Hall–Kier alpha value is -0.730. The summed E-state index contributed by atoms with van der Waals surface area (Å²) in [6.45, 7) is 8.96. The summed E-state index contributed by atoms with van der Waals surface area (Å²) in [7, 11) is 0. The fraction of sp³-hybridized carbons (Fsp3) is 0.917. The third-order valence-electron chi connectivity index (χ3n) is 2.37. The summed E-state index contributed by atoms with van der Waals surface area (Å²) in [5.41, 5.74) is 0. The average molecular weight is 214 g/mol. The molecule has 0 aliphatic carbocycles. The summed E-state index contributed by atoms with van der Waals surface area (Å²) < 4.78 is 0. The van der Waals surface area contributed by atoms with Gasteiger partial charge in [0.15, 0.2) is 0 Å². The van der Waals surface area contributed by atoms with Gasteiger partial charge in [0.25, 0.3) is 0 Å². The number of hydrogen-bond acceptors (Lipinski definition) is 1. The molecule has 2 amide bonds. The number of nitrogens with one attached hydrogen (secondary N) is 1. The SMILES string of the molecule is CCCCNC(=O)N(CCC)CCCC. The van der Waals surface area contributed by atoms with Crippen LogP contribution in [0, 0.1) is 0 Å². The van der Waals surface area contributed by atoms with E-state index in [9.17, 15) is 4.79 Å². The molecule has 3 nitrogen and oxygen atoms in total. The van der Waals surface area contributed by atoms with Crippen molar-refractivity contribution in [2.75, 3.05) is 19.6 Å². The van der Waals surface area contributed by atoms with E-state index in [1.165, 1.54) is 0 Å². The van der Waals surface area contributed by atoms with Gasteiger partial charge >= 0.3 is 6.03 Å². The fourth-order valence-electron chi connectivity index (χ4n) is 1.42. The maximum Gasteiger partial charge on any atom is 0.317 e. The molecule has 0 aromatic carbocycles. The zero-order valence-electron chi connectivity index (χ0n) is 10.5. The summed E-state index contributed by atoms with van der Waals surface area (Å²) >= 11 is 0. The molecule has 0 aromatic heterocycles. The molecule has 0 radical (unpaired) electrons. The predicted molar refractivity (Wildman–Crippen MR) is 65.1 cm³/mol. The minimum atomic E-state index is 0.110. The predicted octanol–water partition coefficient (Wildman–Crippen LogP) is 3.01. The lowest BCUT2D eigenvalue weighted by Gasteiger charge is -2.22. The van der Waals surface area contributed by atoms with Crippen LogP contribution < -0.4 is 5.32 Å². The Balaban J connectivity index is 3.81. The van der Waals surface area contributed by atoms with Crippen molar-refractivity contribution in [1.82, 2.24) is 10.2 Å². The van der Waals surface area contributed by atoms with Crippen LogP contribution in [0.25, 0.3) is 0 Å². The van der Waals surface area contributed by atoms with E-state index < -0.39 is 0 Å². The van der Waals surface area contributed by atoms with Crippen LogP contribution in [0.4, 0.5) is 4.79 Å². The smallest absolute Gasteiger partial charge is 0.317 e. The zero-order valence-corrected chi connectivity index (χ0v) is 10.5. The van der Waals surface area contributed by atoms with Gasteiger partial charge in [0.1, 0.15) is 0 Å². The van der Waals surface area contributed by atoms with E-state index in [1.54, 1.807) is 0 Å². The highest BCUT2D eigenvalue weighted by molar-refractivity contribution is 5.74. The lowest BCUT2D eigenvalue weighted by Crippen LogP contribution is -2.41. The van der Waals surface area contributed by atoms with Gasteiger partial charge in [-0.25, -0.2) is 4.79 Å². The summed E-state index contributed by atoms with van der Waals surface area (Å²) in [6, 6.07) is 0.110. The van der Waals surface area contributed by atoms with E-state index >= 15 is 0 Å². The topological polar surface area (TPSA) is 32.3 Å². The van der Waals surface area contributed by atoms with Crippen molar-refractivity contribution in [3.05, 3.63) is 0 Å². The van der Waals surface area contributed by atoms with Crippen LogP contribution in [-0.2, 0) is 0 Å². The first-order chi connectivity index (χ1) is 7.26. The third-order valence-corrected chi connectivity index (χ3v) is 2.37. The second-order valence-electron chi connectivity index (χ2n) is 3.93. The normalized spacial score (nSPS) is 10.1. The summed E-state index contributed by atoms with van der Waals surface area (Å²) in [5, 5.41) is 2.96. The lowest BCUT2D eigenvalue weighted by molar-refractivity contribution is 0.197. The summed E-state index contributed by atoms with van der Waals surface area (Å²) in [6.07, 6.45) is 5.47. The summed E-state index contributed by atoms with van der Waals surface area (Å²) in [5.74, 6) is 0. The van der Waals surface area contributed by atoms with Gasteiger partial charge in [-0.3, -0.25) is 0 Å². The molecule has 0 atom stereocenters. The highest BCUT2D eigenvalue weighted by Crippen LogP contribution is 1.98. The Morgan fingerprint density at radius 1 is 1.00 bits per heavy atom. The van der Waals surface area contributed by atoms with Crippen LogP contribution in [0.15, 0.2) is 0 Å². The first kappa shape index (κ1) is 14.3.